The molecule has 9 heteroatoms. The first-order chi connectivity index (χ1) is 17.3. The Labute approximate surface area is 209 Å². The molecule has 3 aromatic heterocycles. The average Bonchev–Trinajstić information content (AvgIpc) is 3.22. The summed E-state index contributed by atoms with van der Waals surface area (Å²) in [5, 5.41) is 6.52. The summed E-state index contributed by atoms with van der Waals surface area (Å²) in [6.45, 7) is 10.2. The molecule has 1 aromatic carbocycles. The van der Waals surface area contributed by atoms with Crippen LogP contribution >= 0.6 is 0 Å². The van der Waals surface area contributed by atoms with Crippen LogP contribution in [0.15, 0.2) is 36.7 Å². The second-order valence-corrected chi connectivity index (χ2v) is 9.84. The van der Waals surface area contributed by atoms with E-state index in [1.165, 1.54) is 24.5 Å². The van der Waals surface area contributed by atoms with Crippen molar-refractivity contribution in [2.75, 3.05) is 18.4 Å². The van der Waals surface area contributed by atoms with Crippen LogP contribution in [0.25, 0.3) is 22.3 Å². The number of aryl methyl sites for hydroxylation is 1. The fourth-order valence-corrected chi connectivity index (χ4v) is 5.13. The molecule has 4 heterocycles. The first-order valence-electron chi connectivity index (χ1n) is 12.5. The lowest BCUT2D eigenvalue weighted by atomic mass is 9.83. The zero-order valence-corrected chi connectivity index (χ0v) is 21.0. The summed E-state index contributed by atoms with van der Waals surface area (Å²) in [6.07, 6.45) is 5.36. The van der Waals surface area contributed by atoms with Gasteiger partial charge in [0, 0.05) is 17.8 Å². The summed E-state index contributed by atoms with van der Waals surface area (Å²) >= 11 is 0. The molecule has 0 aliphatic carbocycles. The van der Waals surface area contributed by atoms with E-state index < -0.39 is 11.6 Å². The van der Waals surface area contributed by atoms with Crippen molar-refractivity contribution in [2.45, 2.75) is 52.5 Å². The minimum absolute atomic E-state index is 0.0116. The molecule has 4 aromatic rings. The number of piperidine rings is 1. The molecule has 1 aliphatic heterocycles. The Morgan fingerprint density at radius 2 is 1.89 bits per heavy atom. The number of aromatic nitrogens is 5. The number of halogens is 2. The van der Waals surface area contributed by atoms with Crippen molar-refractivity contribution in [3.63, 3.8) is 0 Å². The second kappa shape index (κ2) is 9.89. The quantitative estimate of drug-likeness (QED) is 0.349. The summed E-state index contributed by atoms with van der Waals surface area (Å²) < 4.78 is 31.7. The molecule has 5 rings (SSSR count). The Balaban J connectivity index is 1.41. The summed E-state index contributed by atoms with van der Waals surface area (Å²) in [6, 6.07) is 7.00. The predicted octanol–water partition coefficient (Wildman–Crippen LogP) is 5.90. The monoisotopic (exact) mass is 491 g/mol. The molecule has 1 aliphatic rings. The molecule has 0 radical (unpaired) electrons. The number of nitrogens with one attached hydrogen (secondary N) is 2. The topological polar surface area (TPSA) is 80.6 Å². The normalized spacial score (nSPS) is 17.0. The largest absolute Gasteiger partial charge is 0.326 e. The van der Waals surface area contributed by atoms with Crippen LogP contribution in [0.2, 0.25) is 0 Å². The standard InChI is InChI=1S/C27H31F2N7/c1-15(2)36-17(4)33-26-21(28)10-20(11-23(26)36)25-22(29)14-32-27(35-25)34-24-8-7-19(13-31-24)16(3)18-6-5-9-30-12-18/h7-8,10-11,13-16,18,30H,5-6,9,12H2,1-4H3,(H,31,32,34,35)/t16-,18+/m1/s1. The van der Waals surface area contributed by atoms with E-state index in [9.17, 15) is 8.78 Å². The fraction of sp³-hybridized carbons (Fsp3) is 0.407. The SMILES string of the molecule is Cc1nc2c(F)cc(-c3nc(Nc4ccc([C@H](C)[C@H]5CCCNC5)cn4)ncc3F)cc2n1C(C)C. The molecule has 0 spiro atoms. The molecular weight excluding hydrogens is 460 g/mol. The van der Waals surface area contributed by atoms with Crippen LogP contribution in [0.4, 0.5) is 20.5 Å². The van der Waals surface area contributed by atoms with Gasteiger partial charge in [-0.2, -0.15) is 0 Å². The van der Waals surface area contributed by atoms with E-state index in [1.54, 1.807) is 6.07 Å². The smallest absolute Gasteiger partial charge is 0.229 e. The van der Waals surface area contributed by atoms with Gasteiger partial charge in [-0.25, -0.2) is 28.7 Å². The van der Waals surface area contributed by atoms with Gasteiger partial charge >= 0.3 is 0 Å². The van der Waals surface area contributed by atoms with Gasteiger partial charge in [-0.05, 0) is 82.3 Å². The van der Waals surface area contributed by atoms with E-state index in [0.29, 0.717) is 34.6 Å². The molecule has 1 fully saturated rings. The van der Waals surface area contributed by atoms with Gasteiger partial charge in [0.2, 0.25) is 5.95 Å². The zero-order chi connectivity index (χ0) is 25.4. The number of imidazole rings is 1. The molecule has 0 amide bonds. The highest BCUT2D eigenvalue weighted by atomic mass is 19.1. The number of nitrogens with zero attached hydrogens (tertiary/aromatic N) is 5. The maximum absolute atomic E-state index is 14.9. The summed E-state index contributed by atoms with van der Waals surface area (Å²) in [4.78, 5) is 17.3. The maximum Gasteiger partial charge on any atom is 0.229 e. The molecule has 0 saturated carbocycles. The van der Waals surface area contributed by atoms with Crippen molar-refractivity contribution >= 4 is 22.8 Å². The van der Waals surface area contributed by atoms with Crippen molar-refractivity contribution in [2.24, 2.45) is 5.92 Å². The number of pyridine rings is 1. The summed E-state index contributed by atoms with van der Waals surface area (Å²) in [7, 11) is 0. The minimum Gasteiger partial charge on any atom is -0.326 e. The van der Waals surface area contributed by atoms with E-state index >= 15 is 0 Å². The first-order valence-corrected chi connectivity index (χ1v) is 12.5. The molecular formula is C27H31F2N7. The lowest BCUT2D eigenvalue weighted by Gasteiger charge is -2.28. The van der Waals surface area contributed by atoms with E-state index in [0.717, 1.165) is 19.3 Å². The molecule has 188 valence electrons. The predicted molar refractivity (Wildman–Crippen MR) is 137 cm³/mol. The third-order valence-electron chi connectivity index (χ3n) is 7.05. The maximum atomic E-state index is 14.9. The van der Waals surface area contributed by atoms with Crippen LogP contribution in [0.1, 0.15) is 57.0 Å². The Kier molecular flexibility index (Phi) is 6.66. The van der Waals surface area contributed by atoms with Crippen molar-refractivity contribution in [1.29, 1.82) is 0 Å². The Hall–Kier alpha value is -3.46. The third kappa shape index (κ3) is 4.67. The summed E-state index contributed by atoms with van der Waals surface area (Å²) in [5.74, 6) is 1.29. The summed E-state index contributed by atoms with van der Waals surface area (Å²) in [5.41, 5.74) is 2.38. The highest BCUT2D eigenvalue weighted by Crippen LogP contribution is 2.31. The number of benzene rings is 1. The average molecular weight is 492 g/mol. The van der Waals surface area contributed by atoms with Crippen LogP contribution in [-0.2, 0) is 0 Å². The molecule has 36 heavy (non-hydrogen) atoms. The van der Waals surface area contributed by atoms with Gasteiger partial charge < -0.3 is 15.2 Å². The van der Waals surface area contributed by atoms with E-state index in [4.69, 9.17) is 0 Å². The molecule has 2 N–H and O–H groups in total. The van der Waals surface area contributed by atoms with Gasteiger partial charge in [0.05, 0.1) is 11.7 Å². The van der Waals surface area contributed by atoms with Crippen LogP contribution in [-0.4, -0.2) is 37.6 Å². The number of anilines is 2. The molecule has 7 nitrogen and oxygen atoms in total. The number of hydrogen-bond acceptors (Lipinski definition) is 6. The number of rotatable bonds is 6. The van der Waals surface area contributed by atoms with E-state index in [1.807, 2.05) is 37.6 Å². The van der Waals surface area contributed by atoms with Crippen molar-refractivity contribution in [1.82, 2.24) is 29.8 Å². The third-order valence-corrected chi connectivity index (χ3v) is 7.05. The highest BCUT2D eigenvalue weighted by molar-refractivity contribution is 5.83. The molecule has 1 saturated heterocycles. The second-order valence-electron chi connectivity index (χ2n) is 9.84. The van der Waals surface area contributed by atoms with Gasteiger partial charge in [0.1, 0.15) is 22.9 Å². The Morgan fingerprint density at radius 1 is 1.06 bits per heavy atom. The van der Waals surface area contributed by atoms with Crippen LogP contribution < -0.4 is 10.6 Å². The fourth-order valence-electron chi connectivity index (χ4n) is 5.13. The van der Waals surface area contributed by atoms with Crippen LogP contribution in [0.3, 0.4) is 0 Å². The lowest BCUT2D eigenvalue weighted by Crippen LogP contribution is -2.32. The molecule has 2 atom stereocenters. The molecule has 0 unspecified atom stereocenters. The van der Waals surface area contributed by atoms with E-state index in [-0.39, 0.29) is 23.2 Å². The van der Waals surface area contributed by atoms with Gasteiger partial charge in [-0.15, -0.1) is 0 Å². The van der Waals surface area contributed by atoms with Crippen molar-refractivity contribution < 1.29 is 8.78 Å². The van der Waals surface area contributed by atoms with Crippen LogP contribution in [0, 0.1) is 24.5 Å². The van der Waals surface area contributed by atoms with E-state index in [2.05, 4.69) is 43.6 Å². The van der Waals surface area contributed by atoms with Gasteiger partial charge in [0.15, 0.2) is 11.6 Å². The Bertz CT molecular complexity index is 1380. The highest BCUT2D eigenvalue weighted by Gasteiger charge is 2.22. The number of fused-ring (bicyclic) bond motifs is 1. The first kappa shape index (κ1) is 24.2. The minimum atomic E-state index is -0.634. The Morgan fingerprint density at radius 3 is 2.58 bits per heavy atom. The zero-order valence-electron chi connectivity index (χ0n) is 21.0. The van der Waals surface area contributed by atoms with Gasteiger partial charge in [-0.1, -0.05) is 13.0 Å². The van der Waals surface area contributed by atoms with Gasteiger partial charge in [-0.3, -0.25) is 0 Å². The van der Waals surface area contributed by atoms with Gasteiger partial charge in [0.25, 0.3) is 0 Å². The molecule has 0 bridgehead atoms. The van der Waals surface area contributed by atoms with Crippen molar-refractivity contribution in [3.05, 3.63) is 59.7 Å². The van der Waals surface area contributed by atoms with Crippen molar-refractivity contribution in [3.8, 4) is 11.3 Å². The van der Waals surface area contributed by atoms with Crippen LogP contribution in [0.5, 0.6) is 0 Å². The lowest BCUT2D eigenvalue weighted by molar-refractivity contribution is 0.334. The number of hydrogen-bond donors (Lipinski definition) is 2.